The first-order valence-corrected chi connectivity index (χ1v) is 7.12. The molecular formula is C15H20FN3O. The maximum Gasteiger partial charge on any atom is 0.256 e. The molecule has 2 heterocycles. The molecule has 1 aromatic carbocycles. The van der Waals surface area contributed by atoms with Gasteiger partial charge in [0.15, 0.2) is 0 Å². The van der Waals surface area contributed by atoms with Crippen LogP contribution in [0.4, 0.5) is 10.1 Å². The van der Waals surface area contributed by atoms with E-state index in [0.717, 1.165) is 12.8 Å². The number of hydrogen-bond donors (Lipinski definition) is 1. The highest BCUT2D eigenvalue weighted by atomic mass is 19.1. The Morgan fingerprint density at radius 2 is 2.05 bits per heavy atom. The molecule has 2 aliphatic rings. The number of carbonyl (C=O) groups is 1. The van der Waals surface area contributed by atoms with E-state index in [4.69, 9.17) is 5.73 Å². The minimum atomic E-state index is -0.494. The van der Waals surface area contributed by atoms with Gasteiger partial charge >= 0.3 is 0 Å². The molecule has 1 aromatic rings. The summed E-state index contributed by atoms with van der Waals surface area (Å²) in [6.45, 7) is 1.37. The Labute approximate surface area is 118 Å². The largest absolute Gasteiger partial charge is 0.399 e. The zero-order valence-electron chi connectivity index (χ0n) is 11.7. The summed E-state index contributed by atoms with van der Waals surface area (Å²) in [7, 11) is 2.12. The van der Waals surface area contributed by atoms with Crippen LogP contribution in [-0.4, -0.2) is 47.9 Å². The number of nitrogens with zero attached hydrogens (tertiary/aromatic N) is 2. The fraction of sp³-hybridized carbons (Fsp3) is 0.533. The van der Waals surface area contributed by atoms with Crippen molar-refractivity contribution in [3.8, 4) is 0 Å². The highest BCUT2D eigenvalue weighted by Gasteiger charge is 2.36. The van der Waals surface area contributed by atoms with E-state index in [1.54, 1.807) is 4.90 Å². The minimum Gasteiger partial charge on any atom is -0.399 e. The zero-order valence-corrected chi connectivity index (χ0v) is 11.7. The molecule has 2 bridgehead atoms. The number of likely N-dealkylation sites (tertiary alicyclic amines) is 1. The SMILES string of the molecule is CN1C2CCC1CN(C(=O)c1cc(N)ccc1F)CC2. The lowest BCUT2D eigenvalue weighted by molar-refractivity contribution is 0.0735. The number of halogens is 1. The number of nitrogens with two attached hydrogens (primary N) is 1. The number of rotatable bonds is 1. The Hall–Kier alpha value is -1.62. The highest BCUT2D eigenvalue weighted by molar-refractivity contribution is 5.95. The van der Waals surface area contributed by atoms with Gasteiger partial charge in [-0.05, 0) is 44.5 Å². The molecule has 5 heteroatoms. The Kier molecular flexibility index (Phi) is 3.38. The van der Waals surface area contributed by atoms with Crippen LogP contribution in [0.5, 0.6) is 0 Å². The van der Waals surface area contributed by atoms with Gasteiger partial charge in [-0.3, -0.25) is 9.69 Å². The van der Waals surface area contributed by atoms with Gasteiger partial charge in [-0.25, -0.2) is 4.39 Å². The zero-order chi connectivity index (χ0) is 14.3. The molecule has 2 aliphatic heterocycles. The molecule has 2 fully saturated rings. The van der Waals surface area contributed by atoms with Gasteiger partial charge in [-0.1, -0.05) is 0 Å². The number of likely N-dealkylation sites (N-methyl/N-ethyl adjacent to an activating group) is 1. The molecule has 20 heavy (non-hydrogen) atoms. The van der Waals surface area contributed by atoms with Crippen LogP contribution in [0.15, 0.2) is 18.2 Å². The molecule has 0 radical (unpaired) electrons. The molecule has 0 saturated carbocycles. The Balaban J connectivity index is 1.82. The van der Waals surface area contributed by atoms with E-state index < -0.39 is 5.82 Å². The fourth-order valence-corrected chi connectivity index (χ4v) is 3.37. The number of hydrogen-bond acceptors (Lipinski definition) is 3. The van der Waals surface area contributed by atoms with Gasteiger partial charge < -0.3 is 10.6 Å². The van der Waals surface area contributed by atoms with Gasteiger partial charge in [0.1, 0.15) is 5.82 Å². The molecular weight excluding hydrogens is 257 g/mol. The predicted octanol–water partition coefficient (Wildman–Crippen LogP) is 1.72. The van der Waals surface area contributed by atoms with Crippen molar-refractivity contribution in [3.63, 3.8) is 0 Å². The van der Waals surface area contributed by atoms with Crippen molar-refractivity contribution >= 4 is 11.6 Å². The molecule has 2 atom stereocenters. The number of benzene rings is 1. The van der Waals surface area contributed by atoms with Gasteiger partial charge in [0, 0.05) is 30.9 Å². The van der Waals surface area contributed by atoms with E-state index in [-0.39, 0.29) is 11.5 Å². The standard InChI is InChI=1S/C15H20FN3O/c1-18-11-3-4-12(18)9-19(7-6-11)15(20)13-8-10(17)2-5-14(13)16/h2,5,8,11-12H,3-4,6-7,9,17H2,1H3. The average molecular weight is 277 g/mol. The summed E-state index contributed by atoms with van der Waals surface area (Å²) in [4.78, 5) is 16.7. The summed E-state index contributed by atoms with van der Waals surface area (Å²) in [5, 5.41) is 0. The summed E-state index contributed by atoms with van der Waals surface area (Å²) in [5.74, 6) is -0.734. The second-order valence-corrected chi connectivity index (χ2v) is 5.83. The maximum atomic E-state index is 13.8. The maximum absolute atomic E-state index is 13.8. The number of nitrogen functional groups attached to an aromatic ring is 1. The van der Waals surface area contributed by atoms with E-state index >= 15 is 0 Å². The Morgan fingerprint density at radius 1 is 1.30 bits per heavy atom. The summed E-state index contributed by atoms with van der Waals surface area (Å²) < 4.78 is 13.8. The second kappa shape index (κ2) is 5.05. The first-order chi connectivity index (χ1) is 9.56. The van der Waals surface area contributed by atoms with Gasteiger partial charge in [-0.2, -0.15) is 0 Å². The molecule has 0 aromatic heterocycles. The second-order valence-electron chi connectivity index (χ2n) is 5.83. The lowest BCUT2D eigenvalue weighted by atomic mass is 10.1. The van der Waals surface area contributed by atoms with Gasteiger partial charge in [0.05, 0.1) is 5.56 Å². The Morgan fingerprint density at radius 3 is 2.85 bits per heavy atom. The number of carbonyl (C=O) groups excluding carboxylic acids is 1. The average Bonchev–Trinajstić information content (AvgIpc) is 2.65. The first-order valence-electron chi connectivity index (χ1n) is 7.12. The third kappa shape index (κ3) is 2.26. The number of fused-ring (bicyclic) bond motifs is 2. The van der Waals surface area contributed by atoms with Crippen molar-refractivity contribution in [3.05, 3.63) is 29.6 Å². The summed E-state index contributed by atoms with van der Waals surface area (Å²) in [6.07, 6.45) is 3.28. The predicted molar refractivity (Wildman–Crippen MR) is 75.9 cm³/mol. The van der Waals surface area contributed by atoms with Gasteiger partial charge in [0.2, 0.25) is 0 Å². The van der Waals surface area contributed by atoms with Crippen LogP contribution >= 0.6 is 0 Å². The van der Waals surface area contributed by atoms with E-state index in [9.17, 15) is 9.18 Å². The lowest BCUT2D eigenvalue weighted by Gasteiger charge is -2.26. The minimum absolute atomic E-state index is 0.0884. The first kappa shape index (κ1) is 13.4. The molecule has 0 aliphatic carbocycles. The van der Waals surface area contributed by atoms with Crippen LogP contribution in [0.3, 0.4) is 0 Å². The summed E-state index contributed by atoms with van der Waals surface area (Å²) >= 11 is 0. The molecule has 2 N–H and O–H groups in total. The van der Waals surface area contributed by atoms with Crippen molar-refractivity contribution in [2.75, 3.05) is 25.9 Å². The normalized spacial score (nSPS) is 26.6. The van der Waals surface area contributed by atoms with E-state index in [1.807, 2.05) is 0 Å². The van der Waals surface area contributed by atoms with Crippen molar-refractivity contribution in [1.82, 2.24) is 9.80 Å². The molecule has 3 rings (SSSR count). The van der Waals surface area contributed by atoms with Crippen molar-refractivity contribution in [2.45, 2.75) is 31.3 Å². The van der Waals surface area contributed by atoms with Crippen molar-refractivity contribution in [1.29, 1.82) is 0 Å². The topological polar surface area (TPSA) is 49.6 Å². The number of amides is 1. The molecule has 4 nitrogen and oxygen atoms in total. The van der Waals surface area contributed by atoms with Crippen LogP contribution in [0.25, 0.3) is 0 Å². The van der Waals surface area contributed by atoms with Crippen molar-refractivity contribution in [2.24, 2.45) is 0 Å². The molecule has 2 unspecified atom stereocenters. The summed E-state index contributed by atoms with van der Waals surface area (Å²) in [5.41, 5.74) is 6.17. The smallest absolute Gasteiger partial charge is 0.256 e. The third-order valence-electron chi connectivity index (χ3n) is 4.66. The van der Waals surface area contributed by atoms with Crippen molar-refractivity contribution < 1.29 is 9.18 Å². The third-order valence-corrected chi connectivity index (χ3v) is 4.66. The summed E-state index contributed by atoms with van der Waals surface area (Å²) in [6, 6.07) is 5.13. The van der Waals surface area contributed by atoms with E-state index in [2.05, 4.69) is 11.9 Å². The Bertz CT molecular complexity index is 534. The van der Waals surface area contributed by atoms with Crippen LogP contribution in [0, 0.1) is 5.82 Å². The van der Waals surface area contributed by atoms with Crippen LogP contribution < -0.4 is 5.73 Å². The van der Waals surface area contributed by atoms with Crippen LogP contribution in [-0.2, 0) is 0 Å². The van der Waals surface area contributed by atoms with Crippen LogP contribution in [0.1, 0.15) is 29.6 Å². The molecule has 2 saturated heterocycles. The lowest BCUT2D eigenvalue weighted by Crippen LogP contribution is -2.40. The van der Waals surface area contributed by atoms with E-state index in [0.29, 0.717) is 30.9 Å². The fourth-order valence-electron chi connectivity index (χ4n) is 3.37. The van der Waals surface area contributed by atoms with Gasteiger partial charge in [-0.15, -0.1) is 0 Å². The highest BCUT2D eigenvalue weighted by Crippen LogP contribution is 2.29. The van der Waals surface area contributed by atoms with E-state index in [1.165, 1.54) is 24.6 Å². The molecule has 108 valence electrons. The van der Waals surface area contributed by atoms with Crippen LogP contribution in [0.2, 0.25) is 0 Å². The number of anilines is 1. The quantitative estimate of drug-likeness (QED) is 0.795. The van der Waals surface area contributed by atoms with Gasteiger partial charge in [0.25, 0.3) is 5.91 Å². The molecule has 0 spiro atoms. The monoisotopic (exact) mass is 277 g/mol. The molecule has 1 amide bonds.